The zero-order valence-corrected chi connectivity index (χ0v) is 18.5. The lowest BCUT2D eigenvalue weighted by Gasteiger charge is -2.23. The smallest absolute Gasteiger partial charge is 0.243 e. The summed E-state index contributed by atoms with van der Waals surface area (Å²) < 4.78 is 5.27. The van der Waals surface area contributed by atoms with E-state index in [1.165, 1.54) is 0 Å². The van der Waals surface area contributed by atoms with Crippen molar-refractivity contribution in [1.29, 1.82) is 0 Å². The fraction of sp³-hybridized carbons (Fsp3) is 0.591. The zero-order valence-electron chi connectivity index (χ0n) is 18.5. The number of H-pyrrole nitrogens is 1. The molecule has 0 saturated carbocycles. The summed E-state index contributed by atoms with van der Waals surface area (Å²) in [6.07, 6.45) is 2.71. The van der Waals surface area contributed by atoms with Crippen LogP contribution in [0.5, 0.6) is 5.75 Å². The van der Waals surface area contributed by atoms with Crippen LogP contribution in [0.4, 0.5) is 0 Å². The molecule has 8 nitrogen and oxygen atoms in total. The number of hydrogen-bond acceptors (Lipinski definition) is 5. The molecule has 1 heterocycles. The van der Waals surface area contributed by atoms with E-state index in [-0.39, 0.29) is 23.8 Å². The van der Waals surface area contributed by atoms with Crippen molar-refractivity contribution in [2.24, 2.45) is 11.3 Å². The predicted molar refractivity (Wildman–Crippen MR) is 115 cm³/mol. The third-order valence-electron chi connectivity index (χ3n) is 5.10. The van der Waals surface area contributed by atoms with E-state index in [2.05, 4.69) is 29.1 Å². The molecule has 2 rings (SSSR count). The first kappa shape index (κ1) is 23.7. The van der Waals surface area contributed by atoms with Crippen LogP contribution in [0.3, 0.4) is 0 Å². The Bertz CT molecular complexity index is 860. The van der Waals surface area contributed by atoms with Gasteiger partial charge in [-0.15, -0.1) is 0 Å². The van der Waals surface area contributed by atoms with Crippen molar-refractivity contribution in [3.63, 3.8) is 0 Å². The molecule has 0 spiro atoms. The van der Waals surface area contributed by atoms with Gasteiger partial charge in [-0.1, -0.05) is 27.7 Å². The minimum atomic E-state index is -0.414. The first-order valence-corrected chi connectivity index (χ1v) is 10.4. The number of aromatic nitrogens is 2. The predicted octanol–water partition coefficient (Wildman–Crippen LogP) is 3.87. The molecule has 1 aromatic heterocycles. The maximum absolute atomic E-state index is 12.6. The number of nitrogens with zero attached hydrogens (tertiary/aromatic N) is 1. The highest BCUT2D eigenvalue weighted by molar-refractivity contribution is 5.78. The molecule has 166 valence electrons. The van der Waals surface area contributed by atoms with Gasteiger partial charge >= 0.3 is 0 Å². The largest absolute Gasteiger partial charge is 0.497 e. The molecule has 0 bridgehead atoms. The van der Waals surface area contributed by atoms with Gasteiger partial charge in [0.25, 0.3) is 0 Å². The number of carbonyl (C=O) groups is 2. The number of nitrogens with one attached hydrogen (secondary N) is 3. The van der Waals surface area contributed by atoms with Crippen molar-refractivity contribution in [2.45, 2.75) is 65.8 Å². The second-order valence-electron chi connectivity index (χ2n) is 8.98. The number of amides is 2. The van der Waals surface area contributed by atoms with E-state index < -0.39 is 5.91 Å². The summed E-state index contributed by atoms with van der Waals surface area (Å²) >= 11 is 0. The van der Waals surface area contributed by atoms with Crippen LogP contribution < -0.4 is 15.5 Å². The van der Waals surface area contributed by atoms with Gasteiger partial charge in [0.15, 0.2) is 0 Å². The van der Waals surface area contributed by atoms with Crippen molar-refractivity contribution in [3.05, 3.63) is 24.0 Å². The van der Waals surface area contributed by atoms with Gasteiger partial charge in [-0.05, 0) is 42.7 Å². The number of rotatable bonds is 11. The Morgan fingerprint density at radius 2 is 2.00 bits per heavy atom. The lowest BCUT2D eigenvalue weighted by atomic mass is 9.83. The molecule has 0 aliphatic carbocycles. The number of hydroxylamine groups is 1. The molecule has 30 heavy (non-hydrogen) atoms. The molecule has 0 aliphatic rings. The number of carbonyl (C=O) groups excluding carboxylic acids is 2. The minimum Gasteiger partial charge on any atom is -0.497 e. The van der Waals surface area contributed by atoms with Gasteiger partial charge in [-0.2, -0.15) is 0 Å². The van der Waals surface area contributed by atoms with Gasteiger partial charge in [-0.3, -0.25) is 14.8 Å². The van der Waals surface area contributed by atoms with E-state index >= 15 is 0 Å². The average molecular weight is 419 g/mol. The molecule has 8 heteroatoms. The summed E-state index contributed by atoms with van der Waals surface area (Å²) in [5.74, 6) is 1.41. The van der Waals surface area contributed by atoms with E-state index in [0.29, 0.717) is 25.2 Å². The molecule has 0 fully saturated rings. The summed E-state index contributed by atoms with van der Waals surface area (Å²) in [5.41, 5.74) is 3.08. The van der Waals surface area contributed by atoms with Crippen molar-refractivity contribution in [1.82, 2.24) is 20.8 Å². The highest BCUT2D eigenvalue weighted by Gasteiger charge is 2.23. The van der Waals surface area contributed by atoms with E-state index in [1.54, 1.807) is 12.6 Å². The lowest BCUT2D eigenvalue weighted by molar-refractivity contribution is -0.131. The zero-order chi connectivity index (χ0) is 22.3. The number of benzene rings is 1. The molecular formula is C22H34N4O4. The Hall–Kier alpha value is -2.61. The Labute approximate surface area is 177 Å². The summed E-state index contributed by atoms with van der Waals surface area (Å²) in [4.78, 5) is 32.0. The molecule has 1 atom stereocenters. The van der Waals surface area contributed by atoms with Gasteiger partial charge < -0.3 is 15.0 Å². The number of hydrogen-bond donors (Lipinski definition) is 4. The molecule has 2 amide bonds. The van der Waals surface area contributed by atoms with Crippen molar-refractivity contribution in [3.8, 4) is 5.75 Å². The molecule has 4 N–H and O–H groups in total. The maximum Gasteiger partial charge on any atom is 0.243 e. The topological polar surface area (TPSA) is 116 Å². The molecule has 0 aliphatic heterocycles. The Morgan fingerprint density at radius 1 is 1.27 bits per heavy atom. The molecule has 0 saturated heterocycles. The highest BCUT2D eigenvalue weighted by atomic mass is 16.5. The normalized spacial score (nSPS) is 12.8. The molecule has 0 radical (unpaired) electrons. The molecule has 2 aromatic rings. The standard InChI is InChI=1S/C22H34N4O4/c1-14(2)11-18(21-24-16-9-8-15(30-5)12-17(16)25-21)23-19(27)7-6-10-22(3,4)13-20(28)26-29/h8-9,12,14,18,29H,6-7,10-11,13H2,1-5H3,(H,23,27)(H,24,25)(H,26,28)/t18-/m0/s1. The average Bonchev–Trinajstić information content (AvgIpc) is 3.09. The van der Waals surface area contributed by atoms with Gasteiger partial charge in [0, 0.05) is 18.9 Å². The van der Waals surface area contributed by atoms with Crippen LogP contribution in [0.2, 0.25) is 0 Å². The monoisotopic (exact) mass is 418 g/mol. The van der Waals surface area contributed by atoms with Crippen molar-refractivity contribution < 1.29 is 19.5 Å². The quantitative estimate of drug-likeness (QED) is 0.326. The summed E-state index contributed by atoms with van der Waals surface area (Å²) in [7, 11) is 1.62. The first-order valence-electron chi connectivity index (χ1n) is 10.4. The third-order valence-corrected chi connectivity index (χ3v) is 5.10. The van der Waals surface area contributed by atoms with Crippen LogP contribution in [0.15, 0.2) is 18.2 Å². The van der Waals surface area contributed by atoms with Crippen LogP contribution in [0.25, 0.3) is 11.0 Å². The fourth-order valence-corrected chi connectivity index (χ4v) is 3.57. The molecular weight excluding hydrogens is 384 g/mol. The minimum absolute atomic E-state index is 0.0407. The van der Waals surface area contributed by atoms with E-state index in [9.17, 15) is 9.59 Å². The summed E-state index contributed by atoms with van der Waals surface area (Å²) in [5, 5.41) is 11.8. The number of ether oxygens (including phenoxy) is 1. The number of imidazole rings is 1. The first-order chi connectivity index (χ1) is 14.1. The van der Waals surface area contributed by atoms with Crippen LogP contribution in [-0.2, 0) is 9.59 Å². The lowest BCUT2D eigenvalue weighted by Crippen LogP contribution is -2.30. The summed E-state index contributed by atoms with van der Waals surface area (Å²) in [6.45, 7) is 8.12. The Morgan fingerprint density at radius 3 is 2.63 bits per heavy atom. The fourth-order valence-electron chi connectivity index (χ4n) is 3.57. The molecule has 1 aromatic carbocycles. The molecule has 0 unspecified atom stereocenters. The van der Waals surface area contributed by atoms with E-state index in [1.807, 2.05) is 32.0 Å². The highest BCUT2D eigenvalue weighted by Crippen LogP contribution is 2.28. The Balaban J connectivity index is 2.00. The number of aromatic amines is 1. The van der Waals surface area contributed by atoms with E-state index in [0.717, 1.165) is 29.0 Å². The number of methoxy groups -OCH3 is 1. The SMILES string of the molecule is COc1ccc2nc([C@H](CC(C)C)NC(=O)CCCC(C)(C)CC(=O)NO)[nH]c2c1. The van der Waals surface area contributed by atoms with Crippen LogP contribution in [0.1, 0.15) is 71.7 Å². The van der Waals surface area contributed by atoms with Gasteiger partial charge in [0.1, 0.15) is 11.6 Å². The van der Waals surface area contributed by atoms with E-state index in [4.69, 9.17) is 9.94 Å². The second kappa shape index (κ2) is 10.4. The van der Waals surface area contributed by atoms with Crippen molar-refractivity contribution >= 4 is 22.8 Å². The Kier molecular flexibility index (Phi) is 8.23. The van der Waals surface area contributed by atoms with Gasteiger partial charge in [0.2, 0.25) is 11.8 Å². The van der Waals surface area contributed by atoms with Crippen LogP contribution >= 0.6 is 0 Å². The van der Waals surface area contributed by atoms with Gasteiger partial charge in [-0.25, -0.2) is 10.5 Å². The van der Waals surface area contributed by atoms with Crippen LogP contribution in [0, 0.1) is 11.3 Å². The second-order valence-corrected chi connectivity index (χ2v) is 8.98. The summed E-state index contributed by atoms with van der Waals surface area (Å²) in [6, 6.07) is 5.45. The maximum atomic E-state index is 12.6. The van der Waals surface area contributed by atoms with Crippen LogP contribution in [-0.4, -0.2) is 34.1 Å². The van der Waals surface area contributed by atoms with Crippen molar-refractivity contribution in [2.75, 3.05) is 7.11 Å². The third kappa shape index (κ3) is 7.02. The van der Waals surface area contributed by atoms with Gasteiger partial charge in [0.05, 0.1) is 24.2 Å². The number of fused-ring (bicyclic) bond motifs is 1.